The minimum atomic E-state index is -4.95. The minimum absolute atomic E-state index is 0.0821. The Kier molecular flexibility index (Phi) is 83.4. The van der Waals surface area contributed by atoms with Gasteiger partial charge in [-0.1, -0.05) is 356 Å². The van der Waals surface area contributed by atoms with E-state index in [1.54, 1.807) is 0 Å². The topological polar surface area (TPSA) is 231 Å². The molecule has 0 heterocycles. The fraction of sp³-hybridized carbons (Fsp3) is 0.639. The van der Waals surface area contributed by atoms with Crippen molar-refractivity contribution in [2.45, 2.75) is 360 Å². The Bertz CT molecular complexity index is 2870. The summed E-state index contributed by atoms with van der Waals surface area (Å²) in [6, 6.07) is 0. The zero-order chi connectivity index (χ0) is 83.6. The quantitative estimate of drug-likeness (QED) is 0.0146. The molecule has 0 radical (unpaired) electrons. The highest BCUT2D eigenvalue weighted by Crippen LogP contribution is 2.45. The van der Waals surface area contributed by atoms with Gasteiger partial charge >= 0.3 is 33.6 Å². The van der Waals surface area contributed by atoms with Crippen LogP contribution in [0.4, 0.5) is 0 Å². The maximum atomic E-state index is 13.1. The largest absolute Gasteiger partial charge is 0.472 e. The minimum Gasteiger partial charge on any atom is -0.463 e. The maximum absolute atomic E-state index is 13.1. The normalized spacial score (nSPS) is 14.7. The van der Waals surface area contributed by atoms with Crippen LogP contribution in [0.2, 0.25) is 0 Å². The molecule has 0 fully saturated rings. The van der Waals surface area contributed by atoms with Gasteiger partial charge in [0.05, 0.1) is 26.4 Å². The van der Waals surface area contributed by atoms with Gasteiger partial charge < -0.3 is 34.2 Å². The Morgan fingerprint density at radius 1 is 0.243 bits per heavy atom. The second-order valence-electron chi connectivity index (χ2n) is 29.3. The number of phosphoric acid groups is 2. The van der Waals surface area contributed by atoms with Crippen LogP contribution >= 0.6 is 15.6 Å². The van der Waals surface area contributed by atoms with Gasteiger partial charge in [-0.3, -0.25) is 32.5 Å². The summed E-state index contributed by atoms with van der Waals surface area (Å²) in [7, 11) is -9.82. The van der Waals surface area contributed by atoms with Crippen molar-refractivity contribution in [2.75, 3.05) is 39.6 Å². The van der Waals surface area contributed by atoms with Crippen molar-refractivity contribution in [3.05, 3.63) is 194 Å². The third-order valence-electron chi connectivity index (χ3n) is 18.3. The Hall–Kier alpha value is -5.61. The molecule has 0 aromatic heterocycles. The number of esters is 3. The van der Waals surface area contributed by atoms with E-state index in [1.807, 2.05) is 0 Å². The summed E-state index contributed by atoms with van der Waals surface area (Å²) in [4.78, 5) is 59.0. The lowest BCUT2D eigenvalue weighted by Gasteiger charge is -2.21. The molecule has 0 bridgehead atoms. The number of hydrogen-bond acceptors (Lipinski definition) is 14. The predicted octanol–water partition coefficient (Wildman–Crippen LogP) is 27.4. The summed E-state index contributed by atoms with van der Waals surface area (Å²) >= 11 is 0. The molecule has 0 aromatic rings. The fourth-order valence-electron chi connectivity index (χ4n) is 11.6. The van der Waals surface area contributed by atoms with Gasteiger partial charge in [-0.15, -0.1) is 0 Å². The maximum Gasteiger partial charge on any atom is 0.472 e. The number of rotatable bonds is 83. The molecule has 0 aliphatic rings. The van der Waals surface area contributed by atoms with Crippen molar-refractivity contribution in [3.8, 4) is 0 Å². The lowest BCUT2D eigenvalue weighted by molar-refractivity contribution is -0.161. The lowest BCUT2D eigenvalue weighted by atomic mass is 10.0. The number of phosphoric ester groups is 2. The SMILES string of the molecule is CC/C=C\C/C=C\C/C=C\C/C=C\C/C=C\C/C=C\CCCCCCCCCCCCCCCCC(=O)OCC(O)COP(=O)(O)OCC(O)COP(=O)(O)OCC(COC(=O)CCCCCCCCC/C=C\C/C=C\C/C=C\C/C=C\C/C=C\CC)OC(=O)CCCCCCCCC/C=C\C/C=C\C/C=C\C/C=C\C/C=C\CC. The highest BCUT2D eigenvalue weighted by Gasteiger charge is 2.29. The molecule has 0 aliphatic carbocycles. The van der Waals surface area contributed by atoms with Crippen LogP contribution in [-0.4, -0.2) is 95.9 Å². The standard InChI is InChI=1S/C97H160O16P2/c1-4-7-10-13-16-19-22-25-28-31-34-37-40-41-42-43-44-45-46-47-48-49-52-54-56-59-62-65-68-71-74-77-80-83-95(100)107-86-92(98)87-109-114(103,104)110-88-93(99)89-111-115(105,106)112-91-94(113-97(102)85-82-79-76-73-70-67-64-61-58-55-51-39-36-33-30-27-24-21-18-15-12-9-6-3)90-108-96(101)84-81-78-75-72-69-66-63-60-57-53-50-38-35-32-29-26-23-20-17-14-11-8-5-2/h7-12,16-21,25-30,34-39,41-42,44-45,53,55,57-58,92-94,98-99H,4-6,13-15,22-24,31-33,40,43,46-52,54,56,59-91H2,1-3H3,(H,103,104)(H,105,106)/b10-7-,11-8-,12-9-,19-16-,20-17-,21-18-,28-25-,29-26-,30-27-,37-34-,38-35-,39-36-,42-41-,45-44-,57-53-,58-55-. The fourth-order valence-corrected chi connectivity index (χ4v) is 13.2. The first-order valence-corrected chi connectivity index (χ1v) is 47.7. The van der Waals surface area contributed by atoms with E-state index < -0.39 is 91.5 Å². The van der Waals surface area contributed by atoms with E-state index >= 15 is 0 Å². The number of allylic oxidation sites excluding steroid dienone is 32. The molecule has 0 aromatic carbocycles. The predicted molar refractivity (Wildman–Crippen MR) is 481 cm³/mol. The number of carbonyl (C=O) groups is 3. The molecule has 4 N–H and O–H groups in total. The number of ether oxygens (including phenoxy) is 3. The first-order valence-electron chi connectivity index (χ1n) is 44.7. The average Bonchev–Trinajstić information content (AvgIpc) is 0.906. The molecular weight excluding hydrogens is 1480 g/mol. The van der Waals surface area contributed by atoms with Gasteiger partial charge in [0.1, 0.15) is 25.4 Å². The third kappa shape index (κ3) is 89.0. The van der Waals surface area contributed by atoms with Crippen LogP contribution in [0.5, 0.6) is 0 Å². The number of aliphatic hydroxyl groups excluding tert-OH is 2. The second kappa shape index (κ2) is 87.7. The van der Waals surface area contributed by atoms with Crippen molar-refractivity contribution in [3.63, 3.8) is 0 Å². The number of hydrogen-bond donors (Lipinski definition) is 4. The smallest absolute Gasteiger partial charge is 0.463 e. The molecule has 5 atom stereocenters. The first kappa shape index (κ1) is 109. The Morgan fingerprint density at radius 2 is 0.435 bits per heavy atom. The van der Waals surface area contributed by atoms with Gasteiger partial charge in [-0.2, -0.15) is 0 Å². The molecule has 0 aliphatic heterocycles. The number of aliphatic hydroxyl groups is 2. The van der Waals surface area contributed by atoms with E-state index in [-0.39, 0.29) is 19.3 Å². The first-order chi connectivity index (χ1) is 56.2. The second-order valence-corrected chi connectivity index (χ2v) is 32.2. The van der Waals surface area contributed by atoms with Crippen molar-refractivity contribution >= 4 is 33.6 Å². The lowest BCUT2D eigenvalue weighted by Crippen LogP contribution is -2.30. The van der Waals surface area contributed by atoms with Gasteiger partial charge in [-0.05, 0) is 161 Å². The van der Waals surface area contributed by atoms with E-state index in [0.717, 1.165) is 218 Å². The van der Waals surface area contributed by atoms with Crippen LogP contribution in [-0.2, 0) is 55.8 Å². The van der Waals surface area contributed by atoms with E-state index in [4.69, 9.17) is 32.3 Å². The molecule has 0 amide bonds. The summed E-state index contributed by atoms with van der Waals surface area (Å²) in [5.74, 6) is -1.60. The van der Waals surface area contributed by atoms with Gasteiger partial charge in [0.15, 0.2) is 6.10 Å². The van der Waals surface area contributed by atoms with E-state index in [9.17, 15) is 43.5 Å². The van der Waals surface area contributed by atoms with Gasteiger partial charge in [0.25, 0.3) is 0 Å². The van der Waals surface area contributed by atoms with Gasteiger partial charge in [0.2, 0.25) is 0 Å². The van der Waals surface area contributed by atoms with Crippen molar-refractivity contribution < 1.29 is 75.8 Å². The van der Waals surface area contributed by atoms with Crippen LogP contribution in [0.3, 0.4) is 0 Å². The summed E-state index contributed by atoms with van der Waals surface area (Å²) in [6.07, 6.45) is 116. The van der Waals surface area contributed by atoms with Crippen LogP contribution in [0.25, 0.3) is 0 Å². The molecule has 0 saturated carbocycles. The summed E-state index contributed by atoms with van der Waals surface area (Å²) in [6.45, 7) is 2.33. The van der Waals surface area contributed by atoms with Crippen LogP contribution in [0.15, 0.2) is 194 Å². The monoisotopic (exact) mass is 1640 g/mol. The summed E-state index contributed by atoms with van der Waals surface area (Å²) < 4.78 is 61.4. The molecular formula is C97H160O16P2. The highest BCUT2D eigenvalue weighted by atomic mass is 31.2. The molecule has 5 unspecified atom stereocenters. The van der Waals surface area contributed by atoms with Crippen molar-refractivity contribution in [1.29, 1.82) is 0 Å². The van der Waals surface area contributed by atoms with E-state index in [1.165, 1.54) is 64.2 Å². The Labute approximate surface area is 699 Å². The molecule has 0 rings (SSSR count). The van der Waals surface area contributed by atoms with E-state index in [0.29, 0.717) is 19.3 Å². The molecule has 654 valence electrons. The molecule has 0 saturated heterocycles. The van der Waals surface area contributed by atoms with Gasteiger partial charge in [-0.25, -0.2) is 9.13 Å². The number of carbonyl (C=O) groups excluding carboxylic acids is 3. The van der Waals surface area contributed by atoms with E-state index in [2.05, 4.69) is 215 Å². The molecule has 16 nitrogen and oxygen atoms in total. The molecule has 18 heteroatoms. The average molecular weight is 1640 g/mol. The van der Waals surface area contributed by atoms with Gasteiger partial charge in [0, 0.05) is 19.3 Å². The zero-order valence-corrected chi connectivity index (χ0v) is 73.7. The Balaban J connectivity index is 4.61. The molecule has 0 spiro atoms. The van der Waals surface area contributed by atoms with Crippen LogP contribution in [0, 0.1) is 0 Å². The van der Waals surface area contributed by atoms with Crippen molar-refractivity contribution in [1.82, 2.24) is 0 Å². The summed E-state index contributed by atoms with van der Waals surface area (Å²) in [5, 5.41) is 20.7. The molecule has 115 heavy (non-hydrogen) atoms. The highest BCUT2D eigenvalue weighted by molar-refractivity contribution is 7.47. The summed E-state index contributed by atoms with van der Waals surface area (Å²) in [5.41, 5.74) is 0. The van der Waals surface area contributed by atoms with Crippen LogP contribution in [0.1, 0.15) is 342 Å². The zero-order valence-electron chi connectivity index (χ0n) is 71.9. The van der Waals surface area contributed by atoms with Crippen molar-refractivity contribution in [2.24, 2.45) is 0 Å². The number of unbranched alkanes of at least 4 members (excludes halogenated alkanes) is 28. The Morgan fingerprint density at radius 3 is 0.687 bits per heavy atom. The van der Waals surface area contributed by atoms with Crippen LogP contribution < -0.4 is 0 Å². The third-order valence-corrected chi connectivity index (χ3v) is 20.2.